The van der Waals surface area contributed by atoms with Gasteiger partial charge in [-0.1, -0.05) is 0 Å². The molecule has 0 aromatic heterocycles. The van der Waals surface area contributed by atoms with E-state index in [1.54, 1.807) is 0 Å². The lowest BCUT2D eigenvalue weighted by Crippen LogP contribution is -2.49. The quantitative estimate of drug-likeness (QED) is 0.593. The molecule has 0 radical (unpaired) electrons. The molecule has 1 aliphatic rings. The van der Waals surface area contributed by atoms with Crippen LogP contribution in [0.5, 0.6) is 0 Å². The fraction of sp³-hybridized carbons (Fsp3) is 0.917. The molecule has 1 saturated heterocycles. The SMILES string of the molecule is CCNC(=O)CN1CCN(CCCCO)CC1. The molecule has 0 unspecified atom stereocenters. The first-order chi connectivity index (χ1) is 8.26. The Morgan fingerprint density at radius 3 is 2.41 bits per heavy atom. The minimum atomic E-state index is 0.126. The molecule has 0 atom stereocenters. The predicted octanol–water partition coefficient (Wildman–Crippen LogP) is -0.487. The van der Waals surface area contributed by atoms with Crippen molar-refractivity contribution in [3.63, 3.8) is 0 Å². The molecular formula is C12H25N3O2. The lowest BCUT2D eigenvalue weighted by atomic mass is 10.2. The molecule has 0 aromatic rings. The van der Waals surface area contributed by atoms with Gasteiger partial charge in [-0.15, -0.1) is 0 Å². The van der Waals surface area contributed by atoms with Crippen LogP contribution in [0.1, 0.15) is 19.8 Å². The molecule has 0 aromatic carbocycles. The van der Waals surface area contributed by atoms with E-state index >= 15 is 0 Å². The molecule has 1 rings (SSSR count). The number of nitrogens with one attached hydrogen (secondary N) is 1. The third-order valence-electron chi connectivity index (χ3n) is 3.09. The molecular weight excluding hydrogens is 218 g/mol. The number of aliphatic hydroxyl groups excluding tert-OH is 1. The maximum Gasteiger partial charge on any atom is 0.234 e. The van der Waals surface area contributed by atoms with E-state index in [1.165, 1.54) is 0 Å². The van der Waals surface area contributed by atoms with Crippen LogP contribution in [0.4, 0.5) is 0 Å². The molecule has 1 aliphatic heterocycles. The Kier molecular flexibility index (Phi) is 7.16. The second-order valence-electron chi connectivity index (χ2n) is 4.50. The van der Waals surface area contributed by atoms with Crippen molar-refractivity contribution >= 4 is 5.91 Å². The average Bonchev–Trinajstić information content (AvgIpc) is 2.32. The van der Waals surface area contributed by atoms with Gasteiger partial charge in [-0.25, -0.2) is 0 Å². The summed E-state index contributed by atoms with van der Waals surface area (Å²) in [5.74, 6) is 0.126. The van der Waals surface area contributed by atoms with Crippen LogP contribution in [-0.4, -0.2) is 73.2 Å². The van der Waals surface area contributed by atoms with Gasteiger partial charge in [0.25, 0.3) is 0 Å². The third kappa shape index (κ3) is 6.00. The highest BCUT2D eigenvalue weighted by molar-refractivity contribution is 5.77. The van der Waals surface area contributed by atoms with E-state index in [9.17, 15) is 4.79 Å². The first kappa shape index (κ1) is 14.4. The van der Waals surface area contributed by atoms with Crippen molar-refractivity contribution in [3.05, 3.63) is 0 Å². The van der Waals surface area contributed by atoms with Crippen LogP contribution >= 0.6 is 0 Å². The zero-order valence-corrected chi connectivity index (χ0v) is 10.8. The van der Waals surface area contributed by atoms with Crippen molar-refractivity contribution in [2.75, 3.05) is 52.4 Å². The summed E-state index contributed by atoms with van der Waals surface area (Å²) in [7, 11) is 0. The van der Waals surface area contributed by atoms with Crippen LogP contribution in [0.25, 0.3) is 0 Å². The van der Waals surface area contributed by atoms with E-state index in [0.29, 0.717) is 13.1 Å². The number of aliphatic hydroxyl groups is 1. The number of hydrogen-bond donors (Lipinski definition) is 2. The average molecular weight is 243 g/mol. The number of carbonyl (C=O) groups is 1. The van der Waals surface area contributed by atoms with Crippen molar-refractivity contribution in [2.24, 2.45) is 0 Å². The van der Waals surface area contributed by atoms with Crippen LogP contribution in [-0.2, 0) is 4.79 Å². The van der Waals surface area contributed by atoms with Crippen molar-refractivity contribution in [2.45, 2.75) is 19.8 Å². The van der Waals surface area contributed by atoms with Crippen molar-refractivity contribution in [1.29, 1.82) is 0 Å². The Bertz CT molecular complexity index is 216. The number of unbranched alkanes of at least 4 members (excludes halogenated alkanes) is 1. The van der Waals surface area contributed by atoms with Gasteiger partial charge in [-0.05, 0) is 26.3 Å². The first-order valence-electron chi connectivity index (χ1n) is 6.58. The number of nitrogens with zero attached hydrogens (tertiary/aromatic N) is 2. The Balaban J connectivity index is 2.10. The standard InChI is InChI=1S/C12H25N3O2/c1-2-13-12(17)11-15-8-6-14(7-9-15)5-3-4-10-16/h16H,2-11H2,1H3,(H,13,17). The minimum absolute atomic E-state index is 0.126. The van der Waals surface area contributed by atoms with E-state index in [0.717, 1.165) is 45.6 Å². The highest BCUT2D eigenvalue weighted by atomic mass is 16.2. The van der Waals surface area contributed by atoms with Crippen LogP contribution in [0.15, 0.2) is 0 Å². The molecule has 0 spiro atoms. The topological polar surface area (TPSA) is 55.8 Å². The smallest absolute Gasteiger partial charge is 0.234 e. The Morgan fingerprint density at radius 2 is 1.82 bits per heavy atom. The summed E-state index contributed by atoms with van der Waals surface area (Å²) >= 11 is 0. The fourth-order valence-electron chi connectivity index (χ4n) is 2.07. The monoisotopic (exact) mass is 243 g/mol. The molecule has 0 saturated carbocycles. The number of likely N-dealkylation sites (N-methyl/N-ethyl adjacent to an activating group) is 1. The minimum Gasteiger partial charge on any atom is -0.396 e. The van der Waals surface area contributed by atoms with E-state index in [-0.39, 0.29) is 12.5 Å². The molecule has 1 amide bonds. The van der Waals surface area contributed by atoms with Gasteiger partial charge in [0.05, 0.1) is 6.54 Å². The molecule has 0 aliphatic carbocycles. The summed E-state index contributed by atoms with van der Waals surface area (Å²) in [6.07, 6.45) is 1.95. The van der Waals surface area contributed by atoms with Crippen molar-refractivity contribution in [1.82, 2.24) is 15.1 Å². The predicted molar refractivity (Wildman–Crippen MR) is 67.9 cm³/mol. The zero-order valence-electron chi connectivity index (χ0n) is 10.8. The maximum atomic E-state index is 11.4. The van der Waals surface area contributed by atoms with Crippen LogP contribution in [0.2, 0.25) is 0 Å². The third-order valence-corrected chi connectivity index (χ3v) is 3.09. The fourth-order valence-corrected chi connectivity index (χ4v) is 2.07. The normalized spacial score (nSPS) is 18.2. The lowest BCUT2D eigenvalue weighted by molar-refractivity contribution is -0.122. The Hall–Kier alpha value is -0.650. The molecule has 5 nitrogen and oxygen atoms in total. The van der Waals surface area contributed by atoms with Gasteiger partial charge in [0.2, 0.25) is 5.91 Å². The summed E-state index contributed by atoms with van der Waals surface area (Å²) in [5.41, 5.74) is 0. The maximum absolute atomic E-state index is 11.4. The van der Waals surface area contributed by atoms with Crippen molar-refractivity contribution < 1.29 is 9.90 Å². The van der Waals surface area contributed by atoms with Gasteiger partial charge in [0, 0.05) is 39.3 Å². The summed E-state index contributed by atoms with van der Waals surface area (Å²) in [6, 6.07) is 0. The van der Waals surface area contributed by atoms with Gasteiger partial charge in [-0.2, -0.15) is 0 Å². The Morgan fingerprint density at radius 1 is 1.18 bits per heavy atom. The highest BCUT2D eigenvalue weighted by Gasteiger charge is 2.17. The van der Waals surface area contributed by atoms with E-state index in [2.05, 4.69) is 15.1 Å². The van der Waals surface area contributed by atoms with Crippen LogP contribution < -0.4 is 5.32 Å². The molecule has 2 N–H and O–H groups in total. The highest BCUT2D eigenvalue weighted by Crippen LogP contribution is 2.03. The zero-order chi connectivity index (χ0) is 12.5. The number of amides is 1. The van der Waals surface area contributed by atoms with E-state index in [4.69, 9.17) is 5.11 Å². The molecule has 1 fully saturated rings. The lowest BCUT2D eigenvalue weighted by Gasteiger charge is -2.34. The Labute approximate surface area is 104 Å². The summed E-state index contributed by atoms with van der Waals surface area (Å²) in [4.78, 5) is 16.0. The number of piperazine rings is 1. The second kappa shape index (κ2) is 8.44. The molecule has 100 valence electrons. The second-order valence-corrected chi connectivity index (χ2v) is 4.50. The van der Waals surface area contributed by atoms with Gasteiger partial charge >= 0.3 is 0 Å². The molecule has 17 heavy (non-hydrogen) atoms. The van der Waals surface area contributed by atoms with E-state index in [1.807, 2.05) is 6.92 Å². The molecule has 1 heterocycles. The van der Waals surface area contributed by atoms with Gasteiger partial charge in [0.1, 0.15) is 0 Å². The molecule has 5 heteroatoms. The van der Waals surface area contributed by atoms with Crippen molar-refractivity contribution in [3.8, 4) is 0 Å². The van der Waals surface area contributed by atoms with E-state index < -0.39 is 0 Å². The van der Waals surface area contributed by atoms with Gasteiger partial charge < -0.3 is 15.3 Å². The summed E-state index contributed by atoms with van der Waals surface area (Å²) in [5, 5.41) is 11.5. The van der Waals surface area contributed by atoms with Crippen LogP contribution in [0, 0.1) is 0 Å². The summed E-state index contributed by atoms with van der Waals surface area (Å²) < 4.78 is 0. The molecule has 0 bridgehead atoms. The summed E-state index contributed by atoms with van der Waals surface area (Å²) in [6.45, 7) is 8.53. The largest absolute Gasteiger partial charge is 0.396 e. The number of rotatable bonds is 7. The first-order valence-corrected chi connectivity index (χ1v) is 6.58. The van der Waals surface area contributed by atoms with Crippen LogP contribution in [0.3, 0.4) is 0 Å². The number of hydrogen-bond acceptors (Lipinski definition) is 4. The van der Waals surface area contributed by atoms with Gasteiger partial charge in [-0.3, -0.25) is 9.69 Å². The van der Waals surface area contributed by atoms with Gasteiger partial charge in [0.15, 0.2) is 0 Å². The number of carbonyl (C=O) groups excluding carboxylic acids is 1.